The van der Waals surface area contributed by atoms with Gasteiger partial charge in [0.05, 0.1) is 5.71 Å². The van der Waals surface area contributed by atoms with Crippen LogP contribution >= 0.6 is 0 Å². The molecule has 1 aromatic rings. The van der Waals surface area contributed by atoms with Crippen molar-refractivity contribution in [3.05, 3.63) is 47.4 Å². The SMILES string of the molecule is C=C(C)N=C(c1cccc(F)c1C)C(C)C. The van der Waals surface area contributed by atoms with Crippen molar-refractivity contribution in [1.82, 2.24) is 0 Å². The normalized spacial score (nSPS) is 12.0. The van der Waals surface area contributed by atoms with E-state index in [2.05, 4.69) is 11.6 Å². The molecule has 1 nitrogen and oxygen atoms in total. The number of benzene rings is 1. The van der Waals surface area contributed by atoms with Crippen LogP contribution in [0.4, 0.5) is 4.39 Å². The van der Waals surface area contributed by atoms with Crippen molar-refractivity contribution in [2.24, 2.45) is 10.9 Å². The van der Waals surface area contributed by atoms with Crippen LogP contribution in [0.3, 0.4) is 0 Å². The Morgan fingerprint density at radius 3 is 2.50 bits per heavy atom. The van der Waals surface area contributed by atoms with Crippen molar-refractivity contribution in [1.29, 1.82) is 0 Å². The zero-order chi connectivity index (χ0) is 12.3. The van der Waals surface area contributed by atoms with Gasteiger partial charge >= 0.3 is 0 Å². The Bertz CT molecular complexity index is 430. The standard InChI is InChI=1S/C14H18FN/c1-9(2)14(16-10(3)4)12-7-6-8-13(15)11(12)5/h6-9H,3H2,1-2,4-5H3. The van der Waals surface area contributed by atoms with Crippen molar-refractivity contribution >= 4 is 5.71 Å². The summed E-state index contributed by atoms with van der Waals surface area (Å²) in [6, 6.07) is 5.09. The van der Waals surface area contributed by atoms with Gasteiger partial charge in [-0.05, 0) is 31.4 Å². The number of halogens is 1. The molecule has 0 radical (unpaired) electrons. The number of aliphatic imine (C=N–C) groups is 1. The molecule has 0 aliphatic rings. The summed E-state index contributed by atoms with van der Waals surface area (Å²) in [4.78, 5) is 4.40. The first-order chi connectivity index (χ1) is 7.43. The maximum absolute atomic E-state index is 13.5. The van der Waals surface area contributed by atoms with E-state index in [1.54, 1.807) is 13.0 Å². The fourth-order valence-corrected chi connectivity index (χ4v) is 1.59. The molecule has 0 aliphatic heterocycles. The summed E-state index contributed by atoms with van der Waals surface area (Å²) >= 11 is 0. The third kappa shape index (κ3) is 2.78. The van der Waals surface area contributed by atoms with Crippen LogP contribution < -0.4 is 0 Å². The van der Waals surface area contributed by atoms with E-state index in [9.17, 15) is 4.39 Å². The average Bonchev–Trinajstić information content (AvgIpc) is 2.18. The first-order valence-electron chi connectivity index (χ1n) is 5.43. The van der Waals surface area contributed by atoms with E-state index in [-0.39, 0.29) is 11.7 Å². The minimum Gasteiger partial charge on any atom is -0.258 e. The summed E-state index contributed by atoms with van der Waals surface area (Å²) < 4.78 is 13.5. The van der Waals surface area contributed by atoms with E-state index in [0.29, 0.717) is 5.56 Å². The van der Waals surface area contributed by atoms with E-state index < -0.39 is 0 Å². The van der Waals surface area contributed by atoms with Crippen LogP contribution in [0.1, 0.15) is 31.9 Å². The van der Waals surface area contributed by atoms with Gasteiger partial charge in [-0.15, -0.1) is 0 Å². The molecule has 2 heteroatoms. The molecule has 0 bridgehead atoms. The molecule has 0 N–H and O–H groups in total. The first-order valence-corrected chi connectivity index (χ1v) is 5.43. The highest BCUT2D eigenvalue weighted by Crippen LogP contribution is 2.18. The predicted octanol–water partition coefficient (Wildman–Crippen LogP) is 4.11. The Morgan fingerprint density at radius 1 is 1.38 bits per heavy atom. The zero-order valence-electron chi connectivity index (χ0n) is 10.3. The molecule has 0 heterocycles. The molecule has 0 aliphatic carbocycles. The molecule has 0 fully saturated rings. The first kappa shape index (κ1) is 12.6. The van der Waals surface area contributed by atoms with Gasteiger partial charge in [0, 0.05) is 11.3 Å². The Morgan fingerprint density at radius 2 is 2.00 bits per heavy atom. The van der Waals surface area contributed by atoms with E-state index in [0.717, 1.165) is 17.0 Å². The van der Waals surface area contributed by atoms with Gasteiger partial charge in [0.1, 0.15) is 5.82 Å². The van der Waals surface area contributed by atoms with Crippen molar-refractivity contribution in [3.63, 3.8) is 0 Å². The second kappa shape index (κ2) is 5.06. The second-order valence-corrected chi connectivity index (χ2v) is 4.30. The highest BCUT2D eigenvalue weighted by atomic mass is 19.1. The van der Waals surface area contributed by atoms with Crippen LogP contribution in [0.2, 0.25) is 0 Å². The lowest BCUT2D eigenvalue weighted by atomic mass is 9.95. The molecular formula is C14H18FN. The van der Waals surface area contributed by atoms with Crippen LogP contribution in [-0.4, -0.2) is 5.71 Å². The van der Waals surface area contributed by atoms with Crippen molar-refractivity contribution in [2.75, 3.05) is 0 Å². The summed E-state index contributed by atoms with van der Waals surface area (Å²) in [7, 11) is 0. The quantitative estimate of drug-likeness (QED) is 0.678. The van der Waals surface area contributed by atoms with Gasteiger partial charge in [-0.3, -0.25) is 4.99 Å². The summed E-state index contributed by atoms with van der Waals surface area (Å²) in [5.74, 6) is 0.0600. The van der Waals surface area contributed by atoms with Crippen LogP contribution in [0, 0.1) is 18.7 Å². The summed E-state index contributed by atoms with van der Waals surface area (Å²) in [6.45, 7) is 11.5. The number of hydrogen-bond donors (Lipinski definition) is 0. The molecule has 0 saturated heterocycles. The Kier molecular flexibility index (Phi) is 3.99. The maximum Gasteiger partial charge on any atom is 0.126 e. The van der Waals surface area contributed by atoms with Gasteiger partial charge in [0.25, 0.3) is 0 Å². The molecule has 1 aromatic carbocycles. The van der Waals surface area contributed by atoms with Crippen LogP contribution in [0.15, 0.2) is 35.5 Å². The van der Waals surface area contributed by atoms with Crippen molar-refractivity contribution in [2.45, 2.75) is 27.7 Å². The largest absolute Gasteiger partial charge is 0.258 e. The molecule has 0 spiro atoms. The molecule has 0 amide bonds. The third-order valence-electron chi connectivity index (χ3n) is 2.40. The van der Waals surface area contributed by atoms with E-state index in [1.165, 1.54) is 6.07 Å². The lowest BCUT2D eigenvalue weighted by molar-refractivity contribution is 0.618. The third-order valence-corrected chi connectivity index (χ3v) is 2.40. The fraction of sp³-hybridized carbons (Fsp3) is 0.357. The number of allylic oxidation sites excluding steroid dienone is 1. The monoisotopic (exact) mass is 219 g/mol. The Labute approximate surface area is 96.7 Å². The number of nitrogens with zero attached hydrogens (tertiary/aromatic N) is 1. The highest BCUT2D eigenvalue weighted by molar-refractivity contribution is 6.03. The fourth-order valence-electron chi connectivity index (χ4n) is 1.59. The van der Waals surface area contributed by atoms with Crippen LogP contribution in [0.25, 0.3) is 0 Å². The Balaban J connectivity index is 3.33. The van der Waals surface area contributed by atoms with E-state index in [1.807, 2.05) is 26.8 Å². The van der Waals surface area contributed by atoms with Gasteiger partial charge in [0.15, 0.2) is 0 Å². The topological polar surface area (TPSA) is 12.4 Å². The molecule has 0 aromatic heterocycles. The molecule has 0 unspecified atom stereocenters. The molecule has 16 heavy (non-hydrogen) atoms. The van der Waals surface area contributed by atoms with Crippen molar-refractivity contribution < 1.29 is 4.39 Å². The van der Waals surface area contributed by atoms with Crippen molar-refractivity contribution in [3.8, 4) is 0 Å². The smallest absolute Gasteiger partial charge is 0.126 e. The molecule has 0 atom stereocenters. The zero-order valence-corrected chi connectivity index (χ0v) is 10.3. The molecule has 1 rings (SSSR count). The van der Waals surface area contributed by atoms with E-state index >= 15 is 0 Å². The minimum absolute atomic E-state index is 0.187. The van der Waals surface area contributed by atoms with Gasteiger partial charge in [-0.1, -0.05) is 32.6 Å². The highest BCUT2D eigenvalue weighted by Gasteiger charge is 2.13. The van der Waals surface area contributed by atoms with E-state index in [4.69, 9.17) is 0 Å². The molecular weight excluding hydrogens is 201 g/mol. The Hall–Kier alpha value is -1.44. The van der Waals surface area contributed by atoms with Crippen LogP contribution in [0.5, 0.6) is 0 Å². The predicted molar refractivity (Wildman–Crippen MR) is 67.3 cm³/mol. The number of hydrogen-bond acceptors (Lipinski definition) is 1. The maximum atomic E-state index is 13.5. The van der Waals surface area contributed by atoms with Gasteiger partial charge < -0.3 is 0 Å². The number of rotatable bonds is 3. The van der Waals surface area contributed by atoms with Gasteiger partial charge in [0.2, 0.25) is 0 Å². The van der Waals surface area contributed by atoms with Gasteiger partial charge in [-0.25, -0.2) is 4.39 Å². The molecule has 0 saturated carbocycles. The summed E-state index contributed by atoms with van der Waals surface area (Å²) in [5.41, 5.74) is 3.16. The summed E-state index contributed by atoms with van der Waals surface area (Å²) in [6.07, 6.45) is 0. The van der Waals surface area contributed by atoms with Crippen LogP contribution in [-0.2, 0) is 0 Å². The average molecular weight is 219 g/mol. The lowest BCUT2D eigenvalue weighted by Crippen LogP contribution is -2.12. The second-order valence-electron chi connectivity index (χ2n) is 4.30. The van der Waals surface area contributed by atoms with Gasteiger partial charge in [-0.2, -0.15) is 0 Å². The minimum atomic E-state index is -0.187. The lowest BCUT2D eigenvalue weighted by Gasteiger charge is -2.13. The summed E-state index contributed by atoms with van der Waals surface area (Å²) in [5, 5.41) is 0. The molecule has 86 valence electrons.